The smallest absolute Gasteiger partial charge is 0.261 e. The fraction of sp³-hybridized carbons (Fsp3) is 0.0741. The molecule has 2 N–H and O–H groups in total. The number of nitrogens with zero attached hydrogens (tertiary/aromatic N) is 4. The zero-order valence-corrected chi connectivity index (χ0v) is 19.8. The van der Waals surface area contributed by atoms with Crippen molar-refractivity contribution in [1.29, 1.82) is 0 Å². The Bertz CT molecular complexity index is 1630. The van der Waals surface area contributed by atoms with Crippen LogP contribution in [0, 0.1) is 12.7 Å². The Morgan fingerprint density at radius 1 is 0.973 bits per heavy atom. The van der Waals surface area contributed by atoms with Gasteiger partial charge in [0.05, 0.1) is 35.8 Å². The first-order valence-corrected chi connectivity index (χ1v) is 11.1. The summed E-state index contributed by atoms with van der Waals surface area (Å²) >= 11 is 0. The van der Waals surface area contributed by atoms with E-state index in [1.165, 1.54) is 37.8 Å². The molecule has 4 heterocycles. The average Bonchev–Trinajstić information content (AvgIpc) is 2.90. The van der Waals surface area contributed by atoms with Gasteiger partial charge in [-0.1, -0.05) is 6.07 Å². The van der Waals surface area contributed by atoms with E-state index in [-0.39, 0.29) is 22.7 Å². The lowest BCUT2D eigenvalue weighted by Crippen LogP contribution is -2.15. The summed E-state index contributed by atoms with van der Waals surface area (Å²) in [5.41, 5.74) is 2.17. The van der Waals surface area contributed by atoms with Gasteiger partial charge >= 0.3 is 0 Å². The Morgan fingerprint density at radius 2 is 1.84 bits per heavy atom. The van der Waals surface area contributed by atoms with Crippen LogP contribution in [0.4, 0.5) is 10.1 Å². The summed E-state index contributed by atoms with van der Waals surface area (Å²) in [7, 11) is 1.52. The van der Waals surface area contributed by atoms with E-state index in [0.717, 1.165) is 6.07 Å². The number of carbonyl (C=O) groups is 1. The lowest BCUT2D eigenvalue weighted by Gasteiger charge is -2.13. The molecule has 184 valence electrons. The molecule has 0 bridgehead atoms. The second-order valence-corrected chi connectivity index (χ2v) is 7.95. The molecule has 0 aliphatic heterocycles. The Balaban J connectivity index is 1.39. The van der Waals surface area contributed by atoms with Gasteiger partial charge in [-0.2, -0.15) is 0 Å². The fourth-order valence-corrected chi connectivity index (χ4v) is 3.73. The van der Waals surface area contributed by atoms with Crippen molar-refractivity contribution in [2.75, 3.05) is 12.4 Å². The van der Waals surface area contributed by atoms with E-state index in [1.54, 1.807) is 43.5 Å². The number of carbonyl (C=O) groups excluding carboxylic acids is 1. The lowest BCUT2D eigenvalue weighted by molar-refractivity contribution is 0.102. The molecule has 5 aromatic rings. The Morgan fingerprint density at radius 3 is 2.59 bits per heavy atom. The zero-order valence-electron chi connectivity index (χ0n) is 19.8. The molecule has 0 spiro atoms. The highest BCUT2D eigenvalue weighted by Gasteiger charge is 2.21. The van der Waals surface area contributed by atoms with Crippen LogP contribution >= 0.6 is 0 Å². The minimum Gasteiger partial charge on any atom is -0.506 e. The van der Waals surface area contributed by atoms with Gasteiger partial charge in [0.15, 0.2) is 17.3 Å². The third-order valence-electron chi connectivity index (χ3n) is 5.57. The van der Waals surface area contributed by atoms with Crippen molar-refractivity contribution < 1.29 is 23.8 Å². The van der Waals surface area contributed by atoms with Crippen LogP contribution in [0.25, 0.3) is 22.3 Å². The molecule has 1 amide bonds. The number of fused-ring (bicyclic) bond motifs is 1. The molecule has 0 aliphatic rings. The van der Waals surface area contributed by atoms with Crippen molar-refractivity contribution in [3.05, 3.63) is 90.4 Å². The minimum atomic E-state index is -0.711. The number of hydrogen-bond donors (Lipinski definition) is 2. The number of aromatic nitrogens is 4. The molecule has 9 nitrogen and oxygen atoms in total. The Labute approximate surface area is 210 Å². The fourth-order valence-electron chi connectivity index (χ4n) is 3.73. The average molecular weight is 497 g/mol. The van der Waals surface area contributed by atoms with Crippen LogP contribution in [0.1, 0.15) is 16.1 Å². The van der Waals surface area contributed by atoms with Crippen LogP contribution in [-0.2, 0) is 0 Å². The monoisotopic (exact) mass is 497 g/mol. The van der Waals surface area contributed by atoms with Crippen LogP contribution in [-0.4, -0.2) is 38.1 Å². The first kappa shape index (κ1) is 23.6. The van der Waals surface area contributed by atoms with E-state index in [1.807, 2.05) is 0 Å². The normalized spacial score (nSPS) is 10.8. The maximum Gasteiger partial charge on any atom is 0.261 e. The highest BCUT2D eigenvalue weighted by molar-refractivity contribution is 6.08. The number of halogens is 1. The molecule has 0 radical (unpaired) electrons. The third kappa shape index (κ3) is 4.72. The molecule has 0 atom stereocenters. The van der Waals surface area contributed by atoms with Crippen molar-refractivity contribution in [1.82, 2.24) is 19.9 Å². The molecule has 0 saturated heterocycles. The van der Waals surface area contributed by atoms with Crippen LogP contribution in [0.15, 0.2) is 73.3 Å². The zero-order chi connectivity index (χ0) is 25.9. The van der Waals surface area contributed by atoms with Crippen molar-refractivity contribution >= 4 is 22.6 Å². The molecular weight excluding hydrogens is 477 g/mol. The summed E-state index contributed by atoms with van der Waals surface area (Å²) < 4.78 is 25.9. The van der Waals surface area contributed by atoms with Gasteiger partial charge in [-0.25, -0.2) is 9.37 Å². The number of anilines is 1. The van der Waals surface area contributed by atoms with E-state index >= 15 is 0 Å². The van der Waals surface area contributed by atoms with Crippen molar-refractivity contribution in [2.24, 2.45) is 0 Å². The van der Waals surface area contributed by atoms with Crippen LogP contribution in [0.3, 0.4) is 0 Å². The predicted molar refractivity (Wildman–Crippen MR) is 134 cm³/mol. The van der Waals surface area contributed by atoms with E-state index in [0.29, 0.717) is 39.5 Å². The lowest BCUT2D eigenvalue weighted by atomic mass is 10.1. The van der Waals surface area contributed by atoms with E-state index in [2.05, 4.69) is 25.3 Å². The van der Waals surface area contributed by atoms with Crippen LogP contribution in [0.2, 0.25) is 0 Å². The molecule has 5 rings (SSSR count). The van der Waals surface area contributed by atoms with Crippen molar-refractivity contribution in [2.45, 2.75) is 6.92 Å². The molecule has 0 unspecified atom stereocenters. The molecule has 0 fully saturated rings. The third-order valence-corrected chi connectivity index (χ3v) is 5.57. The first-order chi connectivity index (χ1) is 17.9. The summed E-state index contributed by atoms with van der Waals surface area (Å²) in [5.74, 6) is -0.852. The molecule has 4 aromatic heterocycles. The van der Waals surface area contributed by atoms with Gasteiger partial charge in [0.1, 0.15) is 22.6 Å². The van der Waals surface area contributed by atoms with E-state index in [4.69, 9.17) is 9.47 Å². The summed E-state index contributed by atoms with van der Waals surface area (Å²) in [6, 6.07) is 12.4. The second-order valence-electron chi connectivity index (χ2n) is 7.95. The van der Waals surface area contributed by atoms with Gasteiger partial charge in [-0.15, -0.1) is 0 Å². The highest BCUT2D eigenvalue weighted by atomic mass is 19.1. The largest absolute Gasteiger partial charge is 0.506 e. The summed E-state index contributed by atoms with van der Waals surface area (Å²) in [5, 5.41) is 13.4. The molecule has 0 aliphatic carbocycles. The number of benzene rings is 1. The number of ether oxygens (including phenoxy) is 2. The number of aryl methyl sites for hydroxylation is 1. The second kappa shape index (κ2) is 9.86. The Hall–Kier alpha value is -5.12. The van der Waals surface area contributed by atoms with E-state index < -0.39 is 11.7 Å². The highest BCUT2D eigenvalue weighted by Crippen LogP contribution is 2.34. The minimum absolute atomic E-state index is 0.0337. The maximum atomic E-state index is 14.9. The number of nitrogens with one attached hydrogen (secondary N) is 1. The van der Waals surface area contributed by atoms with E-state index in [9.17, 15) is 14.3 Å². The first-order valence-electron chi connectivity index (χ1n) is 11.1. The molecule has 0 saturated carbocycles. The summed E-state index contributed by atoms with van der Waals surface area (Å²) in [6.07, 6.45) is 6.06. The predicted octanol–water partition coefficient (Wildman–Crippen LogP) is 5.29. The molecular formula is C27H20FN5O4. The van der Waals surface area contributed by atoms with Gasteiger partial charge in [-0.3, -0.25) is 19.7 Å². The van der Waals surface area contributed by atoms with Crippen LogP contribution in [0.5, 0.6) is 23.0 Å². The number of pyridine rings is 4. The van der Waals surface area contributed by atoms with Gasteiger partial charge in [-0.05, 0) is 31.2 Å². The number of hydrogen-bond acceptors (Lipinski definition) is 8. The summed E-state index contributed by atoms with van der Waals surface area (Å²) in [6.45, 7) is 1.59. The van der Waals surface area contributed by atoms with Crippen molar-refractivity contribution in [3.63, 3.8) is 0 Å². The van der Waals surface area contributed by atoms with Gasteiger partial charge in [0, 0.05) is 42.5 Å². The molecule has 1 aromatic carbocycles. The Kier molecular flexibility index (Phi) is 6.29. The topological polar surface area (TPSA) is 119 Å². The quantitative estimate of drug-likeness (QED) is 0.325. The van der Waals surface area contributed by atoms with Gasteiger partial charge < -0.3 is 19.9 Å². The van der Waals surface area contributed by atoms with Crippen LogP contribution < -0.4 is 14.8 Å². The molecule has 37 heavy (non-hydrogen) atoms. The number of amides is 1. The maximum absolute atomic E-state index is 14.9. The number of rotatable bonds is 6. The summed E-state index contributed by atoms with van der Waals surface area (Å²) in [4.78, 5) is 30.0. The standard InChI is InChI=1S/C27H20FN5O4/c1-15-24(26(34)18(14-31-15)20-5-3-4-9-29-20)27(35)33-16-6-7-22(19(28)11-16)37-23-8-10-30-21-12-17(36-2)13-32-25(21)23/h3-14H,1-2H3,(H,31,34)(H,33,35). The number of aromatic hydroxyl groups is 1. The number of methoxy groups -OCH3 is 1. The van der Waals surface area contributed by atoms with Crippen molar-refractivity contribution in [3.8, 4) is 34.3 Å². The SMILES string of the molecule is COc1cnc2c(Oc3ccc(NC(=O)c4c(C)ncc(-c5ccccn5)c4O)cc3F)ccnc2c1. The van der Waals surface area contributed by atoms with Gasteiger partial charge in [0.25, 0.3) is 5.91 Å². The molecule has 10 heteroatoms. The van der Waals surface area contributed by atoms with Gasteiger partial charge in [0.2, 0.25) is 0 Å².